The number of primary amides is 1. The highest BCUT2D eigenvalue weighted by Crippen LogP contribution is 2.40. The lowest BCUT2D eigenvalue weighted by Gasteiger charge is -2.41. The Morgan fingerprint density at radius 1 is 1.23 bits per heavy atom. The molecule has 0 aliphatic carbocycles. The van der Waals surface area contributed by atoms with Crippen LogP contribution in [0.1, 0.15) is 47.3 Å². The number of carbonyl (C=O) groups is 2. The van der Waals surface area contributed by atoms with Gasteiger partial charge in [-0.15, -0.1) is 0 Å². The highest BCUT2D eigenvalue weighted by molar-refractivity contribution is 8.00. The quantitative estimate of drug-likeness (QED) is 0.401. The van der Waals surface area contributed by atoms with E-state index < -0.39 is 22.8 Å². The fourth-order valence-electron chi connectivity index (χ4n) is 4.22. The first kappa shape index (κ1) is 25.8. The number of aliphatic hydroxyl groups is 1. The molecule has 5 N–H and O–H groups in total. The van der Waals surface area contributed by atoms with E-state index in [9.17, 15) is 25.2 Å². The van der Waals surface area contributed by atoms with Crippen molar-refractivity contribution in [2.45, 2.75) is 42.0 Å². The predicted molar refractivity (Wildman–Crippen MR) is 130 cm³/mol. The van der Waals surface area contributed by atoms with E-state index in [0.29, 0.717) is 54.3 Å². The fourth-order valence-corrected chi connectivity index (χ4v) is 5.28. The number of amides is 2. The van der Waals surface area contributed by atoms with Crippen molar-refractivity contribution in [2.75, 3.05) is 24.6 Å². The number of nitrogens with zero attached hydrogens (tertiary/aromatic N) is 4. The second-order valence-corrected chi connectivity index (χ2v) is 9.31. The van der Waals surface area contributed by atoms with E-state index in [0.717, 1.165) is 11.8 Å². The third kappa shape index (κ3) is 5.48. The second-order valence-electron chi connectivity index (χ2n) is 8.21. The molecule has 1 atom stereocenters. The van der Waals surface area contributed by atoms with E-state index in [1.807, 2.05) is 17.9 Å². The van der Waals surface area contributed by atoms with Crippen LogP contribution < -0.4 is 16.0 Å². The first-order chi connectivity index (χ1) is 16.8. The number of nitriles is 2. The molecular weight excluding hydrogens is 468 g/mol. The number of piperidine rings is 1. The average Bonchev–Trinajstić information content (AvgIpc) is 2.86. The molecule has 2 heterocycles. The number of nitrogens with one attached hydrogen (secondary N) is 1. The molecule has 1 saturated heterocycles. The Kier molecular flexibility index (Phi) is 8.18. The molecule has 11 heteroatoms. The van der Waals surface area contributed by atoms with Crippen LogP contribution in [0.4, 0.5) is 10.6 Å². The SMILES string of the molecule is CCc1c(C#N)c(SC(C(N)=O)c2ccccc2)nc(N2CCC(CO)(NC(=O)O)CC2)c1C#N. The van der Waals surface area contributed by atoms with Gasteiger partial charge in [0.2, 0.25) is 5.91 Å². The Hall–Kier alpha value is -3.80. The van der Waals surface area contributed by atoms with Crippen molar-refractivity contribution >= 4 is 29.6 Å². The number of anilines is 1. The predicted octanol–water partition coefficient (Wildman–Crippen LogP) is 2.30. The molecule has 2 aromatic rings. The molecule has 35 heavy (non-hydrogen) atoms. The summed E-state index contributed by atoms with van der Waals surface area (Å²) in [5.41, 5.74) is 6.41. The summed E-state index contributed by atoms with van der Waals surface area (Å²) in [5, 5.41) is 40.8. The first-order valence-electron chi connectivity index (χ1n) is 11.0. The lowest BCUT2D eigenvalue weighted by atomic mass is 9.88. The minimum Gasteiger partial charge on any atom is -0.465 e. The number of thioether (sulfide) groups is 1. The number of aromatic nitrogens is 1. The van der Waals surface area contributed by atoms with Crippen LogP contribution in [-0.4, -0.2) is 52.4 Å². The van der Waals surface area contributed by atoms with Gasteiger partial charge in [0.05, 0.1) is 23.3 Å². The van der Waals surface area contributed by atoms with E-state index in [1.54, 1.807) is 24.3 Å². The molecular formula is C24H26N6O4S. The van der Waals surface area contributed by atoms with Crippen LogP contribution in [0.5, 0.6) is 0 Å². The van der Waals surface area contributed by atoms with Crippen LogP contribution in [0.2, 0.25) is 0 Å². The minimum absolute atomic E-state index is 0.231. The monoisotopic (exact) mass is 494 g/mol. The largest absolute Gasteiger partial charge is 0.465 e. The van der Waals surface area contributed by atoms with E-state index in [-0.39, 0.29) is 17.7 Å². The second kappa shape index (κ2) is 11.1. The Labute approximate surface area is 207 Å². The molecule has 1 aliphatic heterocycles. The highest BCUT2D eigenvalue weighted by atomic mass is 32.2. The van der Waals surface area contributed by atoms with Crippen molar-refractivity contribution in [3.63, 3.8) is 0 Å². The zero-order valence-electron chi connectivity index (χ0n) is 19.2. The molecule has 1 aliphatic rings. The maximum atomic E-state index is 12.3. The molecule has 0 spiro atoms. The van der Waals surface area contributed by atoms with Gasteiger partial charge in [0.15, 0.2) is 0 Å². The highest BCUT2D eigenvalue weighted by Gasteiger charge is 2.37. The van der Waals surface area contributed by atoms with Crippen molar-refractivity contribution in [3.8, 4) is 12.1 Å². The molecule has 0 saturated carbocycles. The van der Waals surface area contributed by atoms with Crippen LogP contribution in [-0.2, 0) is 11.2 Å². The maximum Gasteiger partial charge on any atom is 0.405 e. The summed E-state index contributed by atoms with van der Waals surface area (Å²) < 4.78 is 0. The third-order valence-corrected chi connectivity index (χ3v) is 7.37. The molecule has 1 aromatic heterocycles. The van der Waals surface area contributed by atoms with E-state index >= 15 is 0 Å². The standard InChI is InChI=1S/C24H26N6O4S/c1-2-16-17(12-25)21(30-10-8-24(14-31,9-11-30)29-23(33)34)28-22(18(16)13-26)35-19(20(27)32)15-6-4-3-5-7-15/h3-7,19,29,31H,2,8-11,14H2,1H3,(H2,27,32)(H,33,34). The first-order valence-corrected chi connectivity index (χ1v) is 11.9. The Balaban J connectivity index is 2.04. The van der Waals surface area contributed by atoms with Gasteiger partial charge in [0.25, 0.3) is 0 Å². The van der Waals surface area contributed by atoms with Crippen LogP contribution in [0.25, 0.3) is 0 Å². The Bertz CT molecular complexity index is 1180. The molecule has 0 bridgehead atoms. The van der Waals surface area contributed by atoms with Crippen LogP contribution in [0, 0.1) is 22.7 Å². The molecule has 182 valence electrons. The number of rotatable bonds is 8. The molecule has 10 nitrogen and oxygen atoms in total. The number of hydrogen-bond acceptors (Lipinski definition) is 8. The van der Waals surface area contributed by atoms with Gasteiger partial charge < -0.3 is 26.2 Å². The molecule has 3 rings (SSSR count). The van der Waals surface area contributed by atoms with Gasteiger partial charge in [-0.05, 0) is 30.4 Å². The average molecular weight is 495 g/mol. The Morgan fingerprint density at radius 2 is 1.86 bits per heavy atom. The zero-order chi connectivity index (χ0) is 25.6. The number of pyridine rings is 1. The van der Waals surface area contributed by atoms with Gasteiger partial charge in [-0.25, -0.2) is 9.78 Å². The van der Waals surface area contributed by atoms with Crippen LogP contribution >= 0.6 is 11.8 Å². The van der Waals surface area contributed by atoms with Crippen molar-refractivity contribution in [1.29, 1.82) is 10.5 Å². The van der Waals surface area contributed by atoms with Gasteiger partial charge in [0, 0.05) is 13.1 Å². The van der Waals surface area contributed by atoms with Crippen LogP contribution in [0.3, 0.4) is 0 Å². The number of nitrogens with two attached hydrogens (primary N) is 1. The number of aliphatic hydroxyl groups excluding tert-OH is 1. The summed E-state index contributed by atoms with van der Waals surface area (Å²) in [6.07, 6.45) is -0.205. The smallest absolute Gasteiger partial charge is 0.405 e. The number of carbonyl (C=O) groups excluding carboxylic acids is 1. The lowest BCUT2D eigenvalue weighted by Crippen LogP contribution is -2.57. The minimum atomic E-state index is -1.22. The van der Waals surface area contributed by atoms with Crippen molar-refractivity contribution in [2.24, 2.45) is 5.73 Å². The molecule has 2 amide bonds. The van der Waals surface area contributed by atoms with Gasteiger partial charge in [-0.1, -0.05) is 49.0 Å². The molecule has 1 aromatic carbocycles. The summed E-state index contributed by atoms with van der Waals surface area (Å²) >= 11 is 1.07. The summed E-state index contributed by atoms with van der Waals surface area (Å²) in [7, 11) is 0. The van der Waals surface area contributed by atoms with Gasteiger partial charge in [-0.3, -0.25) is 4.79 Å². The van der Waals surface area contributed by atoms with Gasteiger partial charge >= 0.3 is 6.09 Å². The van der Waals surface area contributed by atoms with E-state index in [1.165, 1.54) is 0 Å². The zero-order valence-corrected chi connectivity index (χ0v) is 20.0. The summed E-state index contributed by atoms with van der Waals surface area (Å²) in [6, 6.07) is 13.3. The van der Waals surface area contributed by atoms with Crippen molar-refractivity contribution in [3.05, 3.63) is 52.6 Å². The summed E-state index contributed by atoms with van der Waals surface area (Å²) in [6.45, 7) is 2.15. The molecule has 1 fully saturated rings. The third-order valence-electron chi connectivity index (χ3n) is 6.11. The van der Waals surface area contributed by atoms with Crippen molar-refractivity contribution in [1.82, 2.24) is 10.3 Å². The van der Waals surface area contributed by atoms with Gasteiger partial charge in [0.1, 0.15) is 28.2 Å². The van der Waals surface area contributed by atoms with E-state index in [4.69, 9.17) is 10.8 Å². The number of hydrogen-bond donors (Lipinski definition) is 4. The Morgan fingerprint density at radius 3 is 2.34 bits per heavy atom. The summed E-state index contributed by atoms with van der Waals surface area (Å²) in [5.74, 6) is -0.217. The topological polar surface area (TPSA) is 176 Å². The maximum absolute atomic E-state index is 12.3. The normalized spacial score (nSPS) is 15.5. The fraction of sp³-hybridized carbons (Fsp3) is 0.375. The van der Waals surface area contributed by atoms with E-state index in [2.05, 4.69) is 22.4 Å². The number of carboxylic acid groups (broad SMARTS) is 1. The van der Waals surface area contributed by atoms with Crippen LogP contribution in [0.15, 0.2) is 35.4 Å². The molecule has 1 unspecified atom stereocenters. The summed E-state index contributed by atoms with van der Waals surface area (Å²) in [4.78, 5) is 30.0. The lowest BCUT2D eigenvalue weighted by molar-refractivity contribution is -0.117. The van der Waals surface area contributed by atoms with Gasteiger partial charge in [-0.2, -0.15) is 10.5 Å². The molecule has 0 radical (unpaired) electrons. The number of benzene rings is 1. The van der Waals surface area contributed by atoms with Crippen molar-refractivity contribution < 1.29 is 19.8 Å².